The summed E-state index contributed by atoms with van der Waals surface area (Å²) in [6.07, 6.45) is 0.796. The van der Waals surface area contributed by atoms with E-state index in [0.29, 0.717) is 11.4 Å². The lowest BCUT2D eigenvalue weighted by Gasteiger charge is -2.46. The normalized spacial score (nSPS) is 19.6. The number of nitrogens with zero attached hydrogens (tertiary/aromatic N) is 4. The van der Waals surface area contributed by atoms with E-state index in [0.717, 1.165) is 0 Å². The molecule has 20 heavy (non-hydrogen) atoms. The first kappa shape index (κ1) is 13.7. The molecule has 0 unspecified atom stereocenters. The molecule has 0 amide bonds. The molecule has 1 aliphatic carbocycles. The molecular weight excluding hydrogens is 309 g/mol. The van der Waals surface area contributed by atoms with Crippen LogP contribution < -0.4 is 0 Å². The van der Waals surface area contributed by atoms with Gasteiger partial charge in [0, 0.05) is 19.9 Å². The van der Waals surface area contributed by atoms with Crippen molar-refractivity contribution in [2.45, 2.75) is 24.2 Å². The Morgan fingerprint density at radius 3 is 2.25 bits per heavy atom. The zero-order valence-corrected chi connectivity index (χ0v) is 12.0. The molecule has 8 heteroatoms. The van der Waals surface area contributed by atoms with Crippen molar-refractivity contribution < 1.29 is 8.78 Å². The maximum atomic E-state index is 13.5. The van der Waals surface area contributed by atoms with Gasteiger partial charge in [-0.3, -0.25) is 0 Å². The summed E-state index contributed by atoms with van der Waals surface area (Å²) in [6.45, 7) is 0. The average molecular weight is 319 g/mol. The SMILES string of the molecule is Cn1cnnc1C1(c2cc(Cl)nc(Cl)c2)CC(F)(F)C1. The number of alkyl halides is 2. The third kappa shape index (κ3) is 2.07. The number of aromatic nitrogens is 4. The first-order valence-electron chi connectivity index (χ1n) is 5.88. The fourth-order valence-corrected chi connectivity index (χ4v) is 3.24. The highest BCUT2D eigenvalue weighted by atomic mass is 35.5. The molecule has 4 nitrogen and oxygen atoms in total. The van der Waals surface area contributed by atoms with E-state index >= 15 is 0 Å². The average Bonchev–Trinajstić information content (AvgIpc) is 2.70. The molecule has 0 radical (unpaired) electrons. The van der Waals surface area contributed by atoms with Gasteiger partial charge < -0.3 is 4.57 Å². The van der Waals surface area contributed by atoms with Crippen molar-refractivity contribution in [3.05, 3.63) is 40.2 Å². The van der Waals surface area contributed by atoms with Gasteiger partial charge in [-0.2, -0.15) is 0 Å². The monoisotopic (exact) mass is 318 g/mol. The van der Waals surface area contributed by atoms with E-state index in [-0.39, 0.29) is 23.1 Å². The van der Waals surface area contributed by atoms with Crippen LogP contribution in [-0.4, -0.2) is 25.7 Å². The summed E-state index contributed by atoms with van der Waals surface area (Å²) < 4.78 is 28.6. The van der Waals surface area contributed by atoms with Crippen LogP contribution in [0.3, 0.4) is 0 Å². The van der Waals surface area contributed by atoms with Gasteiger partial charge >= 0.3 is 0 Å². The second kappa shape index (κ2) is 4.36. The van der Waals surface area contributed by atoms with E-state index in [2.05, 4.69) is 15.2 Å². The predicted octanol–water partition coefficient (Wildman–Crippen LogP) is 3.23. The van der Waals surface area contributed by atoms with Gasteiger partial charge in [-0.25, -0.2) is 13.8 Å². The maximum absolute atomic E-state index is 13.5. The van der Waals surface area contributed by atoms with Gasteiger partial charge in [-0.1, -0.05) is 23.2 Å². The number of halogens is 4. The van der Waals surface area contributed by atoms with Gasteiger partial charge in [0.25, 0.3) is 5.92 Å². The van der Waals surface area contributed by atoms with Crippen molar-refractivity contribution in [2.24, 2.45) is 7.05 Å². The summed E-state index contributed by atoms with van der Waals surface area (Å²) in [5, 5.41) is 8.10. The molecule has 0 N–H and O–H groups in total. The number of hydrogen-bond acceptors (Lipinski definition) is 3. The molecule has 3 rings (SSSR count). The highest BCUT2D eigenvalue weighted by Crippen LogP contribution is 2.56. The van der Waals surface area contributed by atoms with Crippen LogP contribution >= 0.6 is 23.2 Å². The predicted molar refractivity (Wildman–Crippen MR) is 70.2 cm³/mol. The Labute approximate surface area is 123 Å². The zero-order chi connectivity index (χ0) is 14.5. The highest BCUT2D eigenvalue weighted by molar-refractivity contribution is 6.32. The Morgan fingerprint density at radius 2 is 1.80 bits per heavy atom. The van der Waals surface area contributed by atoms with Crippen molar-refractivity contribution in [3.63, 3.8) is 0 Å². The lowest BCUT2D eigenvalue weighted by atomic mass is 9.61. The molecule has 1 fully saturated rings. The molecule has 2 aromatic heterocycles. The smallest absolute Gasteiger partial charge is 0.250 e. The zero-order valence-electron chi connectivity index (χ0n) is 10.4. The Kier molecular flexibility index (Phi) is 2.99. The molecular formula is C12H10Cl2F2N4. The van der Waals surface area contributed by atoms with Crippen molar-refractivity contribution in [3.8, 4) is 0 Å². The standard InChI is InChI=1S/C12H10Cl2F2N4/c1-20-6-17-19-10(20)11(4-12(15,16)5-11)7-2-8(13)18-9(14)3-7/h2-3,6H,4-5H2,1H3. The molecule has 0 aliphatic heterocycles. The molecule has 0 saturated heterocycles. The summed E-state index contributed by atoms with van der Waals surface area (Å²) in [6, 6.07) is 3.11. The van der Waals surface area contributed by atoms with Gasteiger partial charge in [-0.15, -0.1) is 10.2 Å². The molecule has 106 valence electrons. The van der Waals surface area contributed by atoms with E-state index in [4.69, 9.17) is 23.2 Å². The fourth-order valence-electron chi connectivity index (χ4n) is 2.78. The number of rotatable bonds is 2. The lowest BCUT2D eigenvalue weighted by molar-refractivity contribution is -0.116. The molecule has 0 spiro atoms. The first-order chi connectivity index (χ1) is 9.32. The number of pyridine rings is 1. The van der Waals surface area contributed by atoms with Crippen molar-refractivity contribution in [2.75, 3.05) is 0 Å². The topological polar surface area (TPSA) is 43.6 Å². The molecule has 2 heterocycles. The number of hydrogen-bond donors (Lipinski definition) is 0. The van der Waals surface area contributed by atoms with Crippen molar-refractivity contribution >= 4 is 23.2 Å². The van der Waals surface area contributed by atoms with E-state index in [1.54, 1.807) is 23.7 Å². The van der Waals surface area contributed by atoms with E-state index in [1.165, 1.54) is 6.33 Å². The third-order valence-electron chi connectivity index (χ3n) is 3.58. The minimum atomic E-state index is -2.73. The van der Waals surface area contributed by atoms with Crippen LogP contribution in [0.5, 0.6) is 0 Å². The van der Waals surface area contributed by atoms with Gasteiger partial charge in [-0.05, 0) is 17.7 Å². The summed E-state index contributed by atoms with van der Waals surface area (Å²) >= 11 is 11.8. The van der Waals surface area contributed by atoms with Crippen LogP contribution in [0, 0.1) is 0 Å². The lowest BCUT2D eigenvalue weighted by Crippen LogP contribution is -2.51. The van der Waals surface area contributed by atoms with Gasteiger partial charge in [0.05, 0.1) is 5.41 Å². The Balaban J connectivity index is 2.15. The maximum Gasteiger partial charge on any atom is 0.250 e. The van der Waals surface area contributed by atoms with Gasteiger partial charge in [0.2, 0.25) is 0 Å². The molecule has 0 atom stereocenters. The van der Waals surface area contributed by atoms with E-state index in [1.807, 2.05) is 0 Å². The largest absolute Gasteiger partial charge is 0.320 e. The Morgan fingerprint density at radius 1 is 1.20 bits per heavy atom. The van der Waals surface area contributed by atoms with Gasteiger partial charge in [0.1, 0.15) is 22.5 Å². The van der Waals surface area contributed by atoms with Crippen LogP contribution in [0.15, 0.2) is 18.5 Å². The van der Waals surface area contributed by atoms with Crippen LogP contribution in [-0.2, 0) is 12.5 Å². The van der Waals surface area contributed by atoms with E-state index < -0.39 is 11.3 Å². The van der Waals surface area contributed by atoms with Crippen molar-refractivity contribution in [1.29, 1.82) is 0 Å². The second-order valence-electron chi connectivity index (χ2n) is 5.06. The molecule has 1 saturated carbocycles. The van der Waals surface area contributed by atoms with Crippen LogP contribution in [0.4, 0.5) is 8.78 Å². The van der Waals surface area contributed by atoms with Crippen LogP contribution in [0.25, 0.3) is 0 Å². The fraction of sp³-hybridized carbons (Fsp3) is 0.417. The summed E-state index contributed by atoms with van der Waals surface area (Å²) in [5.74, 6) is -2.25. The summed E-state index contributed by atoms with van der Waals surface area (Å²) in [7, 11) is 1.72. The third-order valence-corrected chi connectivity index (χ3v) is 3.96. The van der Waals surface area contributed by atoms with E-state index in [9.17, 15) is 8.78 Å². The Bertz CT molecular complexity index is 643. The molecule has 0 aromatic carbocycles. The quantitative estimate of drug-likeness (QED) is 0.798. The van der Waals surface area contributed by atoms with Gasteiger partial charge in [0.15, 0.2) is 0 Å². The minimum Gasteiger partial charge on any atom is -0.320 e. The first-order valence-corrected chi connectivity index (χ1v) is 6.64. The molecule has 1 aliphatic rings. The molecule has 2 aromatic rings. The highest BCUT2D eigenvalue weighted by Gasteiger charge is 2.60. The number of aryl methyl sites for hydroxylation is 1. The Hall–Kier alpha value is -1.27. The van der Waals surface area contributed by atoms with Crippen molar-refractivity contribution in [1.82, 2.24) is 19.7 Å². The molecule has 0 bridgehead atoms. The summed E-state index contributed by atoms with van der Waals surface area (Å²) in [4.78, 5) is 3.85. The van der Waals surface area contributed by atoms with Crippen LogP contribution in [0.1, 0.15) is 24.2 Å². The van der Waals surface area contributed by atoms with Crippen LogP contribution in [0.2, 0.25) is 10.3 Å². The minimum absolute atomic E-state index is 0.171. The summed E-state index contributed by atoms with van der Waals surface area (Å²) in [5.41, 5.74) is -0.338. The second-order valence-corrected chi connectivity index (χ2v) is 5.83.